The Morgan fingerprint density at radius 2 is 2.22 bits per heavy atom. The normalized spacial score (nSPS) is 23.3. The van der Waals surface area contributed by atoms with Gasteiger partial charge in [0.2, 0.25) is 0 Å². The first-order valence-corrected chi connectivity index (χ1v) is 6.94. The van der Waals surface area contributed by atoms with Crippen molar-refractivity contribution in [3.63, 3.8) is 0 Å². The Morgan fingerprint density at radius 3 is 2.72 bits per heavy atom. The lowest BCUT2D eigenvalue weighted by atomic mass is 9.93. The monoisotopic (exact) mass is 267 g/mol. The molecular formula is C13H17NO3S. The molecule has 0 bridgehead atoms. The largest absolute Gasteiger partial charge is 0.479 e. The van der Waals surface area contributed by atoms with E-state index in [0.717, 1.165) is 11.3 Å². The van der Waals surface area contributed by atoms with Crippen molar-refractivity contribution in [2.45, 2.75) is 38.6 Å². The first-order chi connectivity index (χ1) is 8.51. The van der Waals surface area contributed by atoms with Crippen LogP contribution in [0.5, 0.6) is 0 Å². The molecule has 4 nitrogen and oxygen atoms in total. The molecule has 1 saturated heterocycles. The fourth-order valence-electron chi connectivity index (χ4n) is 2.60. The third-order valence-electron chi connectivity index (χ3n) is 3.67. The van der Waals surface area contributed by atoms with E-state index in [4.69, 9.17) is 0 Å². The number of carboxylic acid groups (broad SMARTS) is 1. The average molecular weight is 267 g/mol. The molecule has 1 aromatic rings. The average Bonchev–Trinajstić information content (AvgIpc) is 2.94. The maximum atomic E-state index is 12.4. The van der Waals surface area contributed by atoms with Crippen molar-refractivity contribution in [1.29, 1.82) is 0 Å². The molecule has 1 aromatic heterocycles. The van der Waals surface area contributed by atoms with Gasteiger partial charge in [-0.25, -0.2) is 4.79 Å². The molecule has 5 heteroatoms. The summed E-state index contributed by atoms with van der Waals surface area (Å²) in [6.07, 6.45) is 1.77. The molecule has 1 aliphatic rings. The minimum Gasteiger partial charge on any atom is -0.479 e. The van der Waals surface area contributed by atoms with Gasteiger partial charge in [0.15, 0.2) is 0 Å². The third-order valence-corrected chi connectivity index (χ3v) is 4.66. The number of likely N-dealkylation sites (tertiary alicyclic amines) is 1. The van der Waals surface area contributed by atoms with Crippen LogP contribution in [0.25, 0.3) is 0 Å². The minimum absolute atomic E-state index is 0.144. The Morgan fingerprint density at radius 1 is 1.50 bits per heavy atom. The van der Waals surface area contributed by atoms with E-state index in [0.29, 0.717) is 24.3 Å². The number of amides is 1. The van der Waals surface area contributed by atoms with Gasteiger partial charge < -0.3 is 10.0 Å². The van der Waals surface area contributed by atoms with Crippen LogP contribution in [0.4, 0.5) is 0 Å². The van der Waals surface area contributed by atoms with Crippen LogP contribution in [0.15, 0.2) is 12.1 Å². The van der Waals surface area contributed by atoms with Crippen LogP contribution < -0.4 is 0 Å². The van der Waals surface area contributed by atoms with Gasteiger partial charge in [0.25, 0.3) is 5.91 Å². The smallest absolute Gasteiger partial charge is 0.329 e. The van der Waals surface area contributed by atoms with E-state index in [1.807, 2.05) is 19.9 Å². The van der Waals surface area contributed by atoms with Crippen molar-refractivity contribution < 1.29 is 14.7 Å². The molecule has 1 fully saturated rings. The molecule has 18 heavy (non-hydrogen) atoms. The van der Waals surface area contributed by atoms with Gasteiger partial charge in [-0.1, -0.05) is 6.92 Å². The number of thiophene rings is 1. The van der Waals surface area contributed by atoms with Crippen LogP contribution in [0.3, 0.4) is 0 Å². The molecule has 98 valence electrons. The molecule has 1 N–H and O–H groups in total. The Bertz CT molecular complexity index is 482. The maximum absolute atomic E-state index is 12.4. The zero-order valence-electron chi connectivity index (χ0n) is 10.6. The summed E-state index contributed by atoms with van der Waals surface area (Å²) in [6.45, 7) is 4.31. The van der Waals surface area contributed by atoms with Gasteiger partial charge in [-0.15, -0.1) is 11.3 Å². The molecule has 0 saturated carbocycles. The van der Waals surface area contributed by atoms with Crippen molar-refractivity contribution >= 4 is 23.2 Å². The number of hydrogen-bond donors (Lipinski definition) is 1. The fraction of sp³-hybridized carbons (Fsp3) is 0.538. The highest BCUT2D eigenvalue weighted by Gasteiger charge is 2.48. The highest BCUT2D eigenvalue weighted by atomic mass is 32.1. The molecule has 1 atom stereocenters. The molecule has 0 aromatic carbocycles. The predicted octanol–water partition coefficient (Wildman–Crippen LogP) is 2.53. The summed E-state index contributed by atoms with van der Waals surface area (Å²) < 4.78 is 0. The topological polar surface area (TPSA) is 57.6 Å². The highest BCUT2D eigenvalue weighted by Crippen LogP contribution is 2.34. The zero-order valence-corrected chi connectivity index (χ0v) is 11.4. The lowest BCUT2D eigenvalue weighted by Gasteiger charge is -2.33. The van der Waals surface area contributed by atoms with Crippen LogP contribution in [-0.4, -0.2) is 34.0 Å². The summed E-state index contributed by atoms with van der Waals surface area (Å²) in [5.74, 6) is -1.03. The number of hydrogen-bond acceptors (Lipinski definition) is 3. The van der Waals surface area contributed by atoms with Gasteiger partial charge in [-0.3, -0.25) is 4.79 Å². The Balaban J connectivity index is 2.32. The molecule has 1 aliphatic heterocycles. The number of carbonyl (C=O) groups is 2. The van der Waals surface area contributed by atoms with Crippen LogP contribution >= 0.6 is 11.3 Å². The first kappa shape index (κ1) is 13.1. The number of aryl methyl sites for hydroxylation is 1. The van der Waals surface area contributed by atoms with E-state index in [-0.39, 0.29) is 5.91 Å². The molecule has 0 spiro atoms. The number of aliphatic carboxylic acids is 1. The van der Waals surface area contributed by atoms with Crippen LogP contribution in [0.2, 0.25) is 0 Å². The minimum atomic E-state index is -1.00. The van der Waals surface area contributed by atoms with E-state index < -0.39 is 11.5 Å². The molecule has 1 unspecified atom stereocenters. The van der Waals surface area contributed by atoms with Gasteiger partial charge >= 0.3 is 5.97 Å². The number of carbonyl (C=O) groups excluding carboxylic acids is 1. The Hall–Kier alpha value is -1.36. The van der Waals surface area contributed by atoms with Gasteiger partial charge in [0, 0.05) is 11.4 Å². The summed E-state index contributed by atoms with van der Waals surface area (Å²) >= 11 is 1.42. The van der Waals surface area contributed by atoms with Crippen LogP contribution in [-0.2, 0) is 4.79 Å². The molecular weight excluding hydrogens is 250 g/mol. The van der Waals surface area contributed by atoms with Gasteiger partial charge in [0.1, 0.15) is 5.54 Å². The molecule has 0 radical (unpaired) electrons. The van der Waals surface area contributed by atoms with Gasteiger partial charge in [-0.05, 0) is 38.3 Å². The van der Waals surface area contributed by atoms with E-state index in [9.17, 15) is 14.7 Å². The van der Waals surface area contributed by atoms with Crippen molar-refractivity contribution in [2.75, 3.05) is 6.54 Å². The standard InChI is InChI=1S/C13H17NO3S/c1-3-13(12(16)17)7-4-8-14(13)11(15)10-6-5-9(2)18-10/h5-6H,3-4,7-8H2,1-2H3,(H,16,17). The Labute approximate surface area is 110 Å². The second-order valence-electron chi connectivity index (χ2n) is 4.66. The van der Waals surface area contributed by atoms with E-state index in [2.05, 4.69) is 0 Å². The Kier molecular flexibility index (Phi) is 3.43. The van der Waals surface area contributed by atoms with Crippen molar-refractivity contribution in [3.05, 3.63) is 21.9 Å². The number of nitrogens with zero attached hydrogens (tertiary/aromatic N) is 1. The van der Waals surface area contributed by atoms with Gasteiger partial charge in [-0.2, -0.15) is 0 Å². The number of carboxylic acids is 1. The zero-order chi connectivity index (χ0) is 13.3. The van der Waals surface area contributed by atoms with Crippen molar-refractivity contribution in [3.8, 4) is 0 Å². The summed E-state index contributed by atoms with van der Waals surface area (Å²) in [4.78, 5) is 27.2. The summed E-state index contributed by atoms with van der Waals surface area (Å²) in [5.41, 5.74) is -1.00. The van der Waals surface area contributed by atoms with E-state index >= 15 is 0 Å². The van der Waals surface area contributed by atoms with Crippen molar-refractivity contribution in [2.24, 2.45) is 0 Å². The van der Waals surface area contributed by atoms with E-state index in [1.165, 1.54) is 11.3 Å². The number of rotatable bonds is 3. The highest BCUT2D eigenvalue weighted by molar-refractivity contribution is 7.13. The summed E-state index contributed by atoms with van der Waals surface area (Å²) in [5, 5.41) is 9.44. The summed E-state index contributed by atoms with van der Waals surface area (Å²) in [6, 6.07) is 3.67. The summed E-state index contributed by atoms with van der Waals surface area (Å²) in [7, 11) is 0. The molecule has 1 amide bonds. The molecule has 2 rings (SSSR count). The SMILES string of the molecule is CCC1(C(=O)O)CCCN1C(=O)c1ccc(C)s1. The molecule has 2 heterocycles. The van der Waals surface area contributed by atoms with E-state index in [1.54, 1.807) is 11.0 Å². The second-order valence-corrected chi connectivity index (χ2v) is 5.95. The van der Waals surface area contributed by atoms with Gasteiger partial charge in [0.05, 0.1) is 4.88 Å². The first-order valence-electron chi connectivity index (χ1n) is 6.13. The fourth-order valence-corrected chi connectivity index (χ4v) is 3.41. The van der Waals surface area contributed by atoms with Crippen molar-refractivity contribution in [1.82, 2.24) is 4.90 Å². The third kappa shape index (κ3) is 1.92. The molecule has 0 aliphatic carbocycles. The predicted molar refractivity (Wildman–Crippen MR) is 70.0 cm³/mol. The lowest BCUT2D eigenvalue weighted by molar-refractivity contribution is -0.148. The van der Waals surface area contributed by atoms with Crippen LogP contribution in [0.1, 0.15) is 40.7 Å². The maximum Gasteiger partial charge on any atom is 0.329 e. The van der Waals surface area contributed by atoms with Crippen LogP contribution in [0, 0.1) is 6.92 Å². The lowest BCUT2D eigenvalue weighted by Crippen LogP contribution is -2.52. The quantitative estimate of drug-likeness (QED) is 0.915. The second kappa shape index (κ2) is 4.72.